The van der Waals surface area contributed by atoms with E-state index in [-0.39, 0.29) is 17.3 Å². The second-order valence-electron chi connectivity index (χ2n) is 5.74. The normalized spacial score (nSPS) is 19.0. The Morgan fingerprint density at radius 3 is 2.96 bits per heavy atom. The average Bonchev–Trinajstić information content (AvgIpc) is 3.12. The molecule has 124 valence electrons. The number of anilines is 1. The van der Waals surface area contributed by atoms with Crippen molar-refractivity contribution in [1.29, 1.82) is 0 Å². The Morgan fingerprint density at radius 1 is 1.48 bits per heavy atom. The van der Waals surface area contributed by atoms with Crippen LogP contribution in [0.4, 0.5) is 5.82 Å². The number of esters is 1. The third-order valence-electron chi connectivity index (χ3n) is 3.95. The maximum absolute atomic E-state index is 12.0. The van der Waals surface area contributed by atoms with Gasteiger partial charge in [-0.2, -0.15) is 4.68 Å². The fourth-order valence-corrected chi connectivity index (χ4v) is 2.85. The molecule has 0 saturated carbocycles. The van der Waals surface area contributed by atoms with Crippen LogP contribution in [-0.4, -0.2) is 56.4 Å². The van der Waals surface area contributed by atoms with Gasteiger partial charge in [0.05, 0.1) is 12.8 Å². The van der Waals surface area contributed by atoms with E-state index >= 15 is 0 Å². The number of rotatable bonds is 4. The van der Waals surface area contributed by atoms with Gasteiger partial charge in [0.2, 0.25) is 11.6 Å². The molecule has 1 saturated heterocycles. The summed E-state index contributed by atoms with van der Waals surface area (Å²) in [4.78, 5) is 14.2. The van der Waals surface area contributed by atoms with E-state index in [1.807, 2.05) is 0 Å². The van der Waals surface area contributed by atoms with E-state index in [4.69, 9.17) is 10.5 Å². The monoisotopic (exact) mass is 321 g/mol. The summed E-state index contributed by atoms with van der Waals surface area (Å²) >= 11 is 0. The number of methoxy groups -OCH3 is 1. The van der Waals surface area contributed by atoms with Crippen molar-refractivity contribution in [2.24, 2.45) is 5.92 Å². The van der Waals surface area contributed by atoms with Crippen LogP contribution in [0.15, 0.2) is 4.63 Å². The molecular formula is C13H19N7O3. The maximum Gasteiger partial charge on any atom is 0.360 e. The number of aromatic nitrogens is 5. The number of piperidine rings is 1. The Morgan fingerprint density at radius 2 is 2.30 bits per heavy atom. The van der Waals surface area contributed by atoms with E-state index in [0.717, 1.165) is 19.5 Å². The average molecular weight is 321 g/mol. The SMILES string of the molecule is COC(=O)c1nnn(-c2nonc2N)c1CN1CCCC(C)C1. The molecular weight excluding hydrogens is 302 g/mol. The number of carbonyl (C=O) groups excluding carboxylic acids is 1. The van der Waals surface area contributed by atoms with E-state index in [2.05, 4.69) is 37.1 Å². The highest BCUT2D eigenvalue weighted by atomic mass is 16.6. The Labute approximate surface area is 132 Å². The molecule has 1 atom stereocenters. The van der Waals surface area contributed by atoms with Crippen LogP contribution in [0.3, 0.4) is 0 Å². The minimum atomic E-state index is -0.550. The second kappa shape index (κ2) is 6.32. The summed E-state index contributed by atoms with van der Waals surface area (Å²) in [6.07, 6.45) is 2.32. The van der Waals surface area contributed by atoms with Crippen molar-refractivity contribution in [3.05, 3.63) is 11.4 Å². The molecule has 1 fully saturated rings. The lowest BCUT2D eigenvalue weighted by Crippen LogP contribution is -2.35. The van der Waals surface area contributed by atoms with Gasteiger partial charge in [-0.05, 0) is 35.6 Å². The summed E-state index contributed by atoms with van der Waals surface area (Å²) < 4.78 is 10.8. The van der Waals surface area contributed by atoms with Gasteiger partial charge in [-0.15, -0.1) is 5.10 Å². The van der Waals surface area contributed by atoms with Crippen molar-refractivity contribution in [2.45, 2.75) is 26.3 Å². The molecule has 0 radical (unpaired) electrons. The topological polar surface area (TPSA) is 125 Å². The fourth-order valence-electron chi connectivity index (χ4n) is 2.85. The number of nitrogens with zero attached hydrogens (tertiary/aromatic N) is 6. The van der Waals surface area contributed by atoms with Crippen LogP contribution in [-0.2, 0) is 11.3 Å². The van der Waals surface area contributed by atoms with Gasteiger partial charge in [0.25, 0.3) is 0 Å². The zero-order chi connectivity index (χ0) is 16.4. The quantitative estimate of drug-likeness (QED) is 0.788. The van der Waals surface area contributed by atoms with E-state index in [0.29, 0.717) is 18.2 Å². The number of nitrogens with two attached hydrogens (primary N) is 1. The summed E-state index contributed by atoms with van der Waals surface area (Å²) in [6, 6.07) is 0. The maximum atomic E-state index is 12.0. The first-order valence-electron chi connectivity index (χ1n) is 7.43. The molecule has 10 heteroatoms. The first-order chi connectivity index (χ1) is 11.1. The molecule has 1 unspecified atom stereocenters. The highest BCUT2D eigenvalue weighted by Crippen LogP contribution is 2.21. The Hall–Kier alpha value is -2.49. The van der Waals surface area contributed by atoms with Gasteiger partial charge in [0.15, 0.2) is 5.69 Å². The predicted molar refractivity (Wildman–Crippen MR) is 78.6 cm³/mol. The van der Waals surface area contributed by atoms with Gasteiger partial charge in [-0.25, -0.2) is 9.42 Å². The molecule has 3 heterocycles. The number of likely N-dealkylation sites (tertiary alicyclic amines) is 1. The Kier molecular flexibility index (Phi) is 4.24. The number of nitrogen functional groups attached to an aromatic ring is 1. The first kappa shape index (κ1) is 15.4. The van der Waals surface area contributed by atoms with Crippen LogP contribution in [0.5, 0.6) is 0 Å². The number of hydrogen-bond acceptors (Lipinski definition) is 9. The van der Waals surface area contributed by atoms with E-state index in [1.54, 1.807) is 0 Å². The second-order valence-corrected chi connectivity index (χ2v) is 5.74. The van der Waals surface area contributed by atoms with E-state index < -0.39 is 5.97 Å². The van der Waals surface area contributed by atoms with Gasteiger partial charge in [-0.1, -0.05) is 12.1 Å². The zero-order valence-electron chi connectivity index (χ0n) is 13.1. The summed E-state index contributed by atoms with van der Waals surface area (Å²) in [7, 11) is 1.31. The van der Waals surface area contributed by atoms with Crippen molar-refractivity contribution in [3.8, 4) is 5.82 Å². The molecule has 0 spiro atoms. The molecule has 1 aliphatic rings. The van der Waals surface area contributed by atoms with Crippen LogP contribution in [0, 0.1) is 5.92 Å². The number of hydrogen-bond donors (Lipinski definition) is 1. The van der Waals surface area contributed by atoms with Crippen molar-refractivity contribution < 1.29 is 14.2 Å². The summed E-state index contributed by atoms with van der Waals surface area (Å²) in [5, 5.41) is 15.2. The molecule has 23 heavy (non-hydrogen) atoms. The van der Waals surface area contributed by atoms with Crippen molar-refractivity contribution in [1.82, 2.24) is 30.2 Å². The van der Waals surface area contributed by atoms with Gasteiger partial charge < -0.3 is 10.5 Å². The smallest absolute Gasteiger partial charge is 0.360 e. The van der Waals surface area contributed by atoms with Gasteiger partial charge in [-0.3, -0.25) is 4.90 Å². The molecule has 2 aromatic heterocycles. The summed E-state index contributed by atoms with van der Waals surface area (Å²) in [5.41, 5.74) is 6.44. The van der Waals surface area contributed by atoms with Crippen molar-refractivity contribution in [3.63, 3.8) is 0 Å². The molecule has 0 aliphatic carbocycles. The highest BCUT2D eigenvalue weighted by Gasteiger charge is 2.27. The molecule has 3 rings (SSSR count). The number of ether oxygens (including phenoxy) is 1. The Balaban J connectivity index is 1.96. The minimum Gasteiger partial charge on any atom is -0.464 e. The third kappa shape index (κ3) is 3.02. The molecule has 2 N–H and O–H groups in total. The molecule has 0 amide bonds. The van der Waals surface area contributed by atoms with E-state index in [9.17, 15) is 4.79 Å². The number of carbonyl (C=O) groups is 1. The van der Waals surface area contributed by atoms with Crippen LogP contribution < -0.4 is 5.73 Å². The van der Waals surface area contributed by atoms with Gasteiger partial charge in [0, 0.05) is 13.1 Å². The summed E-state index contributed by atoms with van der Waals surface area (Å²) in [5.74, 6) is 0.354. The van der Waals surface area contributed by atoms with Crippen LogP contribution in [0.25, 0.3) is 5.82 Å². The lowest BCUT2D eigenvalue weighted by molar-refractivity contribution is 0.0590. The van der Waals surface area contributed by atoms with Gasteiger partial charge in [0.1, 0.15) is 0 Å². The molecule has 0 bridgehead atoms. The summed E-state index contributed by atoms with van der Waals surface area (Å²) in [6.45, 7) is 4.59. The molecule has 0 aromatic carbocycles. The Bertz CT molecular complexity index is 696. The lowest BCUT2D eigenvalue weighted by Gasteiger charge is -2.30. The largest absolute Gasteiger partial charge is 0.464 e. The van der Waals surface area contributed by atoms with Crippen LogP contribution in [0.2, 0.25) is 0 Å². The van der Waals surface area contributed by atoms with Crippen LogP contribution >= 0.6 is 0 Å². The fraction of sp³-hybridized carbons (Fsp3) is 0.615. The van der Waals surface area contributed by atoms with Crippen LogP contribution in [0.1, 0.15) is 35.9 Å². The molecule has 1 aliphatic heterocycles. The van der Waals surface area contributed by atoms with E-state index in [1.165, 1.54) is 18.2 Å². The lowest BCUT2D eigenvalue weighted by atomic mass is 10.00. The minimum absolute atomic E-state index is 0.0829. The van der Waals surface area contributed by atoms with Crippen molar-refractivity contribution >= 4 is 11.8 Å². The standard InChI is InChI=1S/C13H19N7O3/c1-8-4-3-5-19(6-8)7-9-10(13(21)22-2)15-18-20(9)12-11(14)16-23-17-12/h8H,3-7H2,1-2H3,(H2,14,16). The molecule has 2 aromatic rings. The zero-order valence-corrected chi connectivity index (χ0v) is 13.1. The van der Waals surface area contributed by atoms with Gasteiger partial charge >= 0.3 is 5.97 Å². The third-order valence-corrected chi connectivity index (χ3v) is 3.95. The van der Waals surface area contributed by atoms with Crippen molar-refractivity contribution in [2.75, 3.05) is 25.9 Å². The molecule has 10 nitrogen and oxygen atoms in total. The first-order valence-corrected chi connectivity index (χ1v) is 7.43. The predicted octanol–water partition coefficient (Wildman–Crippen LogP) is 0.251. The highest BCUT2D eigenvalue weighted by molar-refractivity contribution is 5.88.